The number of hydrogen-bond donors (Lipinski definition) is 2. The molecule has 0 radical (unpaired) electrons. The highest BCUT2D eigenvalue weighted by Gasteiger charge is 2.22. The molecule has 1 atom stereocenters. The van der Waals surface area contributed by atoms with Gasteiger partial charge in [0, 0.05) is 19.0 Å². The fraction of sp³-hybridized carbons (Fsp3) is 0.400. The molecule has 1 heterocycles. The third kappa shape index (κ3) is 7.18. The first kappa shape index (κ1) is 26.6. The number of hydrogen-bond acceptors (Lipinski definition) is 4. The number of aromatic nitrogens is 3. The van der Waals surface area contributed by atoms with Gasteiger partial charge in [0.25, 0.3) is 0 Å². The minimum absolute atomic E-state index is 0. The molecule has 2 aromatic carbocycles. The summed E-state index contributed by atoms with van der Waals surface area (Å²) in [6.45, 7) is 9.62. The number of benzene rings is 2. The van der Waals surface area contributed by atoms with E-state index in [-0.39, 0.29) is 35.4 Å². The number of rotatable bonds is 8. The van der Waals surface area contributed by atoms with Crippen LogP contribution >= 0.6 is 24.0 Å². The van der Waals surface area contributed by atoms with Gasteiger partial charge in [-0.15, -0.1) is 34.2 Å². The maximum Gasteiger partial charge on any atom is 0.192 e. The molecular weight excluding hydrogens is 527 g/mol. The number of aryl methyl sites for hydroxylation is 1. The van der Waals surface area contributed by atoms with Crippen molar-refractivity contribution in [1.82, 2.24) is 25.4 Å². The summed E-state index contributed by atoms with van der Waals surface area (Å²) in [6, 6.07) is 18.6. The second kappa shape index (κ2) is 12.0. The fourth-order valence-corrected chi connectivity index (χ4v) is 3.37. The number of methoxy groups -OCH3 is 1. The first-order valence-electron chi connectivity index (χ1n) is 10.9. The predicted molar refractivity (Wildman–Crippen MR) is 144 cm³/mol. The lowest BCUT2D eigenvalue weighted by atomic mass is 9.84. The van der Waals surface area contributed by atoms with E-state index in [9.17, 15) is 0 Å². The Labute approximate surface area is 214 Å². The molecule has 0 bridgehead atoms. The molecule has 0 saturated carbocycles. The number of nitrogens with zero attached hydrogens (tertiary/aromatic N) is 4. The molecule has 0 spiro atoms. The number of nitrogens with one attached hydrogen (secondary N) is 2. The minimum atomic E-state index is -0.131. The second-order valence-electron chi connectivity index (χ2n) is 8.63. The van der Waals surface area contributed by atoms with Crippen LogP contribution in [0.1, 0.15) is 49.6 Å². The Hall–Kier alpha value is -2.62. The van der Waals surface area contributed by atoms with E-state index in [4.69, 9.17) is 9.73 Å². The van der Waals surface area contributed by atoms with Gasteiger partial charge in [-0.2, -0.15) is 0 Å². The Bertz CT molecular complexity index is 1050. The highest BCUT2D eigenvalue weighted by atomic mass is 127. The average Bonchev–Trinajstić information content (AvgIpc) is 3.13. The van der Waals surface area contributed by atoms with E-state index in [1.165, 1.54) is 11.1 Å². The fourth-order valence-electron chi connectivity index (χ4n) is 3.37. The smallest absolute Gasteiger partial charge is 0.192 e. The molecule has 178 valence electrons. The summed E-state index contributed by atoms with van der Waals surface area (Å²) in [7, 11) is 3.65. The van der Waals surface area contributed by atoms with Gasteiger partial charge < -0.3 is 19.9 Å². The molecule has 8 heteroatoms. The zero-order valence-electron chi connectivity index (χ0n) is 20.3. The van der Waals surface area contributed by atoms with Crippen LogP contribution in [0.5, 0.6) is 5.75 Å². The quantitative estimate of drug-likeness (QED) is 0.240. The van der Waals surface area contributed by atoms with Crippen LogP contribution in [-0.2, 0) is 19.0 Å². The number of aliphatic imine (C=N–C) groups is 1. The lowest BCUT2D eigenvalue weighted by Gasteiger charge is -2.28. The largest absolute Gasteiger partial charge is 0.497 e. The van der Waals surface area contributed by atoms with Crippen LogP contribution in [0.2, 0.25) is 0 Å². The molecule has 7 nitrogen and oxygen atoms in total. The van der Waals surface area contributed by atoms with Crippen LogP contribution in [0.3, 0.4) is 0 Å². The molecule has 1 aromatic heterocycles. The molecule has 0 aliphatic carbocycles. The van der Waals surface area contributed by atoms with Crippen LogP contribution < -0.4 is 15.4 Å². The van der Waals surface area contributed by atoms with Gasteiger partial charge in [-0.1, -0.05) is 56.3 Å². The lowest BCUT2D eigenvalue weighted by molar-refractivity contribution is 0.411. The van der Waals surface area contributed by atoms with Crippen molar-refractivity contribution < 1.29 is 4.74 Å². The van der Waals surface area contributed by atoms with Crippen molar-refractivity contribution in [2.45, 2.75) is 45.7 Å². The summed E-state index contributed by atoms with van der Waals surface area (Å²) in [5, 5.41) is 15.4. The SMILES string of the molecule is COc1cccc(C(C)(C)CNC(=NCc2nnc(C)n2C)NC(C)c2ccccc2)c1.I. The predicted octanol–water partition coefficient (Wildman–Crippen LogP) is 4.52. The summed E-state index contributed by atoms with van der Waals surface area (Å²) in [6.07, 6.45) is 0. The lowest BCUT2D eigenvalue weighted by Crippen LogP contribution is -2.44. The summed E-state index contributed by atoms with van der Waals surface area (Å²) >= 11 is 0. The average molecular weight is 563 g/mol. The van der Waals surface area contributed by atoms with Gasteiger partial charge in [0.15, 0.2) is 11.8 Å². The first-order valence-corrected chi connectivity index (χ1v) is 10.9. The van der Waals surface area contributed by atoms with Gasteiger partial charge in [0.1, 0.15) is 18.1 Å². The van der Waals surface area contributed by atoms with E-state index in [1.807, 2.05) is 48.9 Å². The van der Waals surface area contributed by atoms with Crippen molar-refractivity contribution in [2.24, 2.45) is 12.0 Å². The van der Waals surface area contributed by atoms with Crippen LogP contribution in [-0.4, -0.2) is 34.4 Å². The molecule has 1 unspecified atom stereocenters. The maximum absolute atomic E-state index is 5.41. The van der Waals surface area contributed by atoms with Crippen molar-refractivity contribution in [3.8, 4) is 5.75 Å². The molecule has 33 heavy (non-hydrogen) atoms. The number of ether oxygens (including phenoxy) is 1. The number of halogens is 1. The van der Waals surface area contributed by atoms with Crippen molar-refractivity contribution in [1.29, 1.82) is 0 Å². The zero-order valence-corrected chi connectivity index (χ0v) is 22.6. The summed E-state index contributed by atoms with van der Waals surface area (Å²) in [4.78, 5) is 4.81. The van der Waals surface area contributed by atoms with E-state index < -0.39 is 0 Å². The number of guanidine groups is 1. The van der Waals surface area contributed by atoms with E-state index in [0.29, 0.717) is 13.1 Å². The summed E-state index contributed by atoms with van der Waals surface area (Å²) in [5.41, 5.74) is 2.27. The van der Waals surface area contributed by atoms with Crippen LogP contribution in [0.25, 0.3) is 0 Å². The summed E-state index contributed by atoms with van der Waals surface area (Å²) < 4.78 is 7.37. The first-order chi connectivity index (χ1) is 15.3. The normalized spacial score (nSPS) is 12.6. The van der Waals surface area contributed by atoms with E-state index in [0.717, 1.165) is 23.4 Å². The third-order valence-corrected chi connectivity index (χ3v) is 5.76. The molecule has 0 saturated heterocycles. The van der Waals surface area contributed by atoms with Crippen LogP contribution in [0.15, 0.2) is 59.6 Å². The Balaban J connectivity index is 0.00000385. The highest BCUT2D eigenvalue weighted by molar-refractivity contribution is 14.0. The monoisotopic (exact) mass is 562 g/mol. The topological polar surface area (TPSA) is 76.4 Å². The van der Waals surface area contributed by atoms with E-state index >= 15 is 0 Å². The molecule has 2 N–H and O–H groups in total. The summed E-state index contributed by atoms with van der Waals surface area (Å²) in [5.74, 6) is 3.29. The standard InChI is InChI=1S/C25H34N6O.HI/c1-18(20-11-8-7-9-12-20)28-24(26-16-23-30-29-19(2)31(23)5)27-17-25(3,4)21-13-10-14-22(15-21)32-6;/h7-15,18H,16-17H2,1-6H3,(H2,26,27,28);1H. The molecular formula is C25H35IN6O. The highest BCUT2D eigenvalue weighted by Crippen LogP contribution is 2.25. The second-order valence-corrected chi connectivity index (χ2v) is 8.63. The Kier molecular flexibility index (Phi) is 9.70. The van der Waals surface area contributed by atoms with Crippen molar-refractivity contribution in [2.75, 3.05) is 13.7 Å². The van der Waals surface area contributed by atoms with Gasteiger partial charge in [-0.25, -0.2) is 4.99 Å². The maximum atomic E-state index is 5.41. The Morgan fingerprint density at radius 2 is 1.85 bits per heavy atom. The molecule has 0 fully saturated rings. The van der Waals surface area contributed by atoms with Gasteiger partial charge in [-0.3, -0.25) is 0 Å². The minimum Gasteiger partial charge on any atom is -0.497 e. The Morgan fingerprint density at radius 1 is 1.12 bits per heavy atom. The van der Waals surface area contributed by atoms with Crippen LogP contribution in [0, 0.1) is 6.92 Å². The van der Waals surface area contributed by atoms with E-state index in [1.54, 1.807) is 7.11 Å². The van der Waals surface area contributed by atoms with Gasteiger partial charge in [-0.05, 0) is 37.1 Å². The van der Waals surface area contributed by atoms with Gasteiger partial charge in [0.05, 0.1) is 13.2 Å². The van der Waals surface area contributed by atoms with Crippen LogP contribution in [0.4, 0.5) is 0 Å². The van der Waals surface area contributed by atoms with Crippen molar-refractivity contribution >= 4 is 29.9 Å². The molecule has 3 rings (SSSR count). The van der Waals surface area contributed by atoms with Crippen molar-refractivity contribution in [3.05, 3.63) is 77.4 Å². The zero-order chi connectivity index (χ0) is 23.1. The molecule has 0 aliphatic rings. The van der Waals surface area contributed by atoms with Gasteiger partial charge in [0.2, 0.25) is 0 Å². The Morgan fingerprint density at radius 3 is 2.48 bits per heavy atom. The molecule has 0 amide bonds. The molecule has 3 aromatic rings. The van der Waals surface area contributed by atoms with Crippen molar-refractivity contribution in [3.63, 3.8) is 0 Å². The molecule has 0 aliphatic heterocycles. The van der Waals surface area contributed by atoms with E-state index in [2.05, 4.69) is 65.9 Å². The third-order valence-electron chi connectivity index (χ3n) is 5.76. The van der Waals surface area contributed by atoms with Gasteiger partial charge >= 0.3 is 0 Å².